The predicted octanol–water partition coefficient (Wildman–Crippen LogP) is 2.55. The first-order valence-corrected chi connectivity index (χ1v) is 6.34. The van der Waals surface area contributed by atoms with Crippen LogP contribution in [-0.2, 0) is 5.41 Å². The van der Waals surface area contributed by atoms with Gasteiger partial charge in [-0.3, -0.25) is 0 Å². The van der Waals surface area contributed by atoms with Crippen molar-refractivity contribution in [3.8, 4) is 5.75 Å². The van der Waals surface area contributed by atoms with Crippen molar-refractivity contribution in [2.24, 2.45) is 5.73 Å². The Bertz CT molecular complexity index is 394. The van der Waals surface area contributed by atoms with Crippen LogP contribution in [0.4, 0.5) is 0 Å². The Kier molecular flexibility index (Phi) is 4.77. The standard InChI is InChI=1S/C15H26N2O/c1-15(2,3)11-7-8-14(18-6)12(9-11)13(16)10-17(4)5/h7-9,13H,10,16H2,1-6H3. The third-order valence-electron chi connectivity index (χ3n) is 3.06. The van der Waals surface area contributed by atoms with E-state index >= 15 is 0 Å². The number of nitrogens with two attached hydrogens (primary N) is 1. The molecule has 0 bridgehead atoms. The lowest BCUT2D eigenvalue weighted by atomic mass is 9.85. The number of nitrogens with zero attached hydrogens (tertiary/aromatic N) is 1. The van der Waals surface area contributed by atoms with E-state index in [9.17, 15) is 0 Å². The van der Waals surface area contributed by atoms with Gasteiger partial charge in [-0.05, 0) is 37.2 Å². The summed E-state index contributed by atoms with van der Waals surface area (Å²) in [6.45, 7) is 7.42. The van der Waals surface area contributed by atoms with Gasteiger partial charge in [0.25, 0.3) is 0 Å². The second kappa shape index (κ2) is 5.72. The minimum absolute atomic E-state index is 0.0303. The van der Waals surface area contributed by atoms with Crippen LogP contribution >= 0.6 is 0 Å². The Morgan fingerprint density at radius 3 is 2.33 bits per heavy atom. The first-order valence-electron chi connectivity index (χ1n) is 6.34. The summed E-state index contributed by atoms with van der Waals surface area (Å²) in [7, 11) is 5.75. The highest BCUT2D eigenvalue weighted by molar-refractivity contribution is 5.41. The highest BCUT2D eigenvalue weighted by atomic mass is 16.5. The molecular formula is C15H26N2O. The lowest BCUT2D eigenvalue weighted by Gasteiger charge is -2.24. The Balaban J connectivity index is 3.14. The van der Waals surface area contributed by atoms with E-state index in [2.05, 4.69) is 37.8 Å². The molecule has 0 aliphatic rings. The first kappa shape index (κ1) is 15.0. The topological polar surface area (TPSA) is 38.5 Å². The molecule has 1 aromatic carbocycles. The van der Waals surface area contributed by atoms with E-state index in [1.54, 1.807) is 7.11 Å². The van der Waals surface area contributed by atoms with Gasteiger partial charge in [0.15, 0.2) is 0 Å². The van der Waals surface area contributed by atoms with Gasteiger partial charge in [-0.25, -0.2) is 0 Å². The lowest BCUT2D eigenvalue weighted by Crippen LogP contribution is -2.26. The van der Waals surface area contributed by atoms with Gasteiger partial charge < -0.3 is 15.4 Å². The average molecular weight is 250 g/mol. The summed E-state index contributed by atoms with van der Waals surface area (Å²) in [5.41, 5.74) is 8.75. The molecule has 0 radical (unpaired) electrons. The molecule has 0 spiro atoms. The van der Waals surface area contributed by atoms with Crippen LogP contribution in [0.5, 0.6) is 5.75 Å². The summed E-state index contributed by atoms with van der Waals surface area (Å²) in [4.78, 5) is 2.09. The van der Waals surface area contributed by atoms with Crippen molar-refractivity contribution < 1.29 is 4.74 Å². The Hall–Kier alpha value is -1.06. The normalized spacial score (nSPS) is 13.8. The van der Waals surface area contributed by atoms with Crippen molar-refractivity contribution in [2.45, 2.75) is 32.2 Å². The van der Waals surface area contributed by atoms with Crippen LogP contribution in [0.3, 0.4) is 0 Å². The van der Waals surface area contributed by atoms with Crippen molar-refractivity contribution in [3.63, 3.8) is 0 Å². The monoisotopic (exact) mass is 250 g/mol. The van der Waals surface area contributed by atoms with Gasteiger partial charge in [-0.15, -0.1) is 0 Å². The molecule has 1 unspecified atom stereocenters. The lowest BCUT2D eigenvalue weighted by molar-refractivity contribution is 0.362. The highest BCUT2D eigenvalue weighted by Gasteiger charge is 2.19. The van der Waals surface area contributed by atoms with Gasteiger partial charge in [-0.1, -0.05) is 26.8 Å². The highest BCUT2D eigenvalue weighted by Crippen LogP contribution is 2.30. The van der Waals surface area contributed by atoms with Crippen molar-refractivity contribution in [1.29, 1.82) is 0 Å². The molecular weight excluding hydrogens is 224 g/mol. The molecule has 1 rings (SSSR count). The second-order valence-electron chi connectivity index (χ2n) is 6.08. The number of rotatable bonds is 4. The zero-order valence-corrected chi connectivity index (χ0v) is 12.4. The molecule has 3 nitrogen and oxygen atoms in total. The van der Waals surface area contributed by atoms with E-state index in [0.29, 0.717) is 0 Å². The van der Waals surface area contributed by atoms with E-state index in [1.165, 1.54) is 5.56 Å². The second-order valence-corrected chi connectivity index (χ2v) is 6.08. The number of methoxy groups -OCH3 is 1. The Morgan fingerprint density at radius 2 is 1.89 bits per heavy atom. The minimum atomic E-state index is -0.0303. The predicted molar refractivity (Wildman–Crippen MR) is 77.2 cm³/mol. The van der Waals surface area contributed by atoms with Crippen molar-refractivity contribution >= 4 is 0 Å². The zero-order valence-electron chi connectivity index (χ0n) is 12.4. The van der Waals surface area contributed by atoms with Crippen LogP contribution in [-0.4, -0.2) is 32.6 Å². The third-order valence-corrected chi connectivity index (χ3v) is 3.06. The molecule has 0 aliphatic heterocycles. The average Bonchev–Trinajstić information content (AvgIpc) is 2.26. The van der Waals surface area contributed by atoms with E-state index < -0.39 is 0 Å². The molecule has 0 saturated heterocycles. The fraction of sp³-hybridized carbons (Fsp3) is 0.600. The summed E-state index contributed by atoms with van der Waals surface area (Å²) in [5.74, 6) is 0.873. The van der Waals surface area contributed by atoms with E-state index in [4.69, 9.17) is 10.5 Å². The molecule has 3 heteroatoms. The fourth-order valence-electron chi connectivity index (χ4n) is 1.98. The van der Waals surface area contributed by atoms with Crippen LogP contribution in [0.1, 0.15) is 37.9 Å². The number of hydrogen-bond acceptors (Lipinski definition) is 3. The molecule has 2 N–H and O–H groups in total. The molecule has 1 aromatic rings. The SMILES string of the molecule is COc1ccc(C(C)(C)C)cc1C(N)CN(C)C. The molecule has 18 heavy (non-hydrogen) atoms. The number of benzene rings is 1. The smallest absolute Gasteiger partial charge is 0.123 e. The van der Waals surface area contributed by atoms with Gasteiger partial charge >= 0.3 is 0 Å². The Labute approximate surface area is 111 Å². The first-order chi connectivity index (χ1) is 8.25. The van der Waals surface area contributed by atoms with Gasteiger partial charge in [0, 0.05) is 18.2 Å². The molecule has 0 saturated carbocycles. The summed E-state index contributed by atoms with van der Waals surface area (Å²) >= 11 is 0. The van der Waals surface area contributed by atoms with Gasteiger partial charge in [0.2, 0.25) is 0 Å². The maximum absolute atomic E-state index is 6.26. The summed E-state index contributed by atoms with van der Waals surface area (Å²) in [5, 5.41) is 0. The summed E-state index contributed by atoms with van der Waals surface area (Å²) < 4.78 is 5.42. The summed E-state index contributed by atoms with van der Waals surface area (Å²) in [6, 6.07) is 6.28. The molecule has 0 aromatic heterocycles. The van der Waals surface area contributed by atoms with Crippen LogP contribution in [0.25, 0.3) is 0 Å². The van der Waals surface area contributed by atoms with Crippen LogP contribution in [0.2, 0.25) is 0 Å². The van der Waals surface area contributed by atoms with Crippen molar-refractivity contribution in [1.82, 2.24) is 4.90 Å². The van der Waals surface area contributed by atoms with E-state index in [0.717, 1.165) is 17.9 Å². The fourth-order valence-corrected chi connectivity index (χ4v) is 1.98. The Morgan fingerprint density at radius 1 is 1.28 bits per heavy atom. The maximum atomic E-state index is 6.26. The number of likely N-dealkylation sites (N-methyl/N-ethyl adjacent to an activating group) is 1. The molecule has 0 amide bonds. The van der Waals surface area contributed by atoms with E-state index in [-0.39, 0.29) is 11.5 Å². The van der Waals surface area contributed by atoms with Crippen LogP contribution < -0.4 is 10.5 Å². The quantitative estimate of drug-likeness (QED) is 0.892. The number of hydrogen-bond donors (Lipinski definition) is 1. The molecule has 0 heterocycles. The molecule has 0 fully saturated rings. The molecule has 1 atom stereocenters. The largest absolute Gasteiger partial charge is 0.496 e. The van der Waals surface area contributed by atoms with E-state index in [1.807, 2.05) is 20.2 Å². The van der Waals surface area contributed by atoms with Gasteiger partial charge in [0.1, 0.15) is 5.75 Å². The molecule has 102 valence electrons. The van der Waals surface area contributed by atoms with Crippen molar-refractivity contribution in [3.05, 3.63) is 29.3 Å². The van der Waals surface area contributed by atoms with Crippen molar-refractivity contribution in [2.75, 3.05) is 27.7 Å². The van der Waals surface area contributed by atoms with Crippen LogP contribution in [0.15, 0.2) is 18.2 Å². The summed E-state index contributed by atoms with van der Waals surface area (Å²) in [6.07, 6.45) is 0. The van der Waals surface area contributed by atoms with Crippen LogP contribution in [0, 0.1) is 0 Å². The van der Waals surface area contributed by atoms with Gasteiger partial charge in [-0.2, -0.15) is 0 Å². The maximum Gasteiger partial charge on any atom is 0.123 e. The molecule has 0 aliphatic carbocycles. The van der Waals surface area contributed by atoms with Gasteiger partial charge in [0.05, 0.1) is 7.11 Å². The zero-order chi connectivity index (χ0) is 13.9. The third kappa shape index (κ3) is 3.72. The minimum Gasteiger partial charge on any atom is -0.496 e. The number of ether oxygens (including phenoxy) is 1.